The van der Waals surface area contributed by atoms with Crippen LogP contribution < -0.4 is 20.3 Å². The quantitative estimate of drug-likeness (QED) is 0.219. The summed E-state index contributed by atoms with van der Waals surface area (Å²) in [4.78, 5) is 32.0. The highest BCUT2D eigenvalue weighted by molar-refractivity contribution is 7.99. The number of aromatic nitrogens is 5. The Bertz CT molecular complexity index is 1650. The standard InChI is InChI=1S/C33H42N10OS/c1-6-22-20-27(32(44-4)40-31(22)43-14-10-24(11-15-43)42-18-16-41(3)17-19-42)38-33-36-21-23(7-2)30(39-33)37-26-9-8-25-28(29(26)45-5)35-13-12-34-25/h7-9,12-13,20-21,24H,2,6,10-11,14-19H2,1,3-5H3,(H2,36,37,38,39). The number of methoxy groups -OCH3 is 1. The van der Waals surface area contributed by atoms with Gasteiger partial charge in [0.1, 0.15) is 22.8 Å². The maximum absolute atomic E-state index is 5.80. The molecule has 2 aliphatic rings. The number of hydrogen-bond donors (Lipinski definition) is 2. The van der Waals surface area contributed by atoms with E-state index in [0.29, 0.717) is 23.7 Å². The number of ether oxygens (including phenoxy) is 1. The van der Waals surface area contributed by atoms with Gasteiger partial charge in [-0.2, -0.15) is 9.97 Å². The average Bonchev–Trinajstić information content (AvgIpc) is 3.08. The first-order valence-electron chi connectivity index (χ1n) is 15.6. The summed E-state index contributed by atoms with van der Waals surface area (Å²) in [7, 11) is 3.87. The van der Waals surface area contributed by atoms with Crippen molar-refractivity contribution in [1.82, 2.24) is 34.7 Å². The number of hydrogen-bond acceptors (Lipinski definition) is 12. The van der Waals surface area contributed by atoms with E-state index in [0.717, 1.165) is 97.2 Å². The number of benzene rings is 1. The first kappa shape index (κ1) is 31.0. The molecule has 0 radical (unpaired) electrons. The van der Waals surface area contributed by atoms with Gasteiger partial charge in [0.25, 0.3) is 0 Å². The number of nitrogens with one attached hydrogen (secondary N) is 2. The molecule has 6 rings (SSSR count). The predicted molar refractivity (Wildman–Crippen MR) is 184 cm³/mol. The highest BCUT2D eigenvalue weighted by Gasteiger charge is 2.28. The van der Waals surface area contributed by atoms with Gasteiger partial charge in [0.15, 0.2) is 0 Å². The van der Waals surface area contributed by atoms with Gasteiger partial charge in [0.2, 0.25) is 11.8 Å². The Morgan fingerprint density at radius 2 is 1.78 bits per heavy atom. The van der Waals surface area contributed by atoms with Crippen LogP contribution in [-0.2, 0) is 6.42 Å². The Labute approximate surface area is 269 Å². The van der Waals surface area contributed by atoms with Gasteiger partial charge in [-0.3, -0.25) is 14.9 Å². The molecule has 0 aliphatic carbocycles. The smallest absolute Gasteiger partial charge is 0.239 e. The molecule has 4 aromatic rings. The molecule has 236 valence electrons. The Balaban J connectivity index is 1.22. The van der Waals surface area contributed by atoms with E-state index in [4.69, 9.17) is 14.7 Å². The van der Waals surface area contributed by atoms with Crippen LogP contribution in [0.1, 0.15) is 30.9 Å². The van der Waals surface area contributed by atoms with Crippen LogP contribution in [0.5, 0.6) is 5.88 Å². The summed E-state index contributed by atoms with van der Waals surface area (Å²) in [6.07, 6.45) is 12.1. The number of thioether (sulfide) groups is 1. The van der Waals surface area contributed by atoms with Crippen molar-refractivity contribution in [2.75, 3.05) is 75.2 Å². The lowest BCUT2D eigenvalue weighted by molar-refractivity contribution is 0.0981. The number of aryl methyl sites for hydroxylation is 1. The lowest BCUT2D eigenvalue weighted by atomic mass is 10.0. The molecule has 12 heteroatoms. The number of piperazine rings is 1. The van der Waals surface area contributed by atoms with Crippen LogP contribution in [0.2, 0.25) is 0 Å². The highest BCUT2D eigenvalue weighted by Crippen LogP contribution is 2.36. The van der Waals surface area contributed by atoms with Crippen molar-refractivity contribution in [3.63, 3.8) is 0 Å². The van der Waals surface area contributed by atoms with Gasteiger partial charge in [-0.1, -0.05) is 19.6 Å². The molecular weight excluding hydrogens is 584 g/mol. The van der Waals surface area contributed by atoms with Crippen molar-refractivity contribution in [2.24, 2.45) is 0 Å². The van der Waals surface area contributed by atoms with Crippen LogP contribution in [0.25, 0.3) is 17.1 Å². The normalized spacial score (nSPS) is 16.6. The van der Waals surface area contributed by atoms with Gasteiger partial charge in [0, 0.05) is 69.5 Å². The number of piperidine rings is 1. The molecular formula is C33H42N10OS. The van der Waals surface area contributed by atoms with E-state index < -0.39 is 0 Å². The minimum absolute atomic E-state index is 0.428. The Hall–Kier alpha value is -4.00. The first-order chi connectivity index (χ1) is 22.0. The number of pyridine rings is 1. The van der Waals surface area contributed by atoms with E-state index in [9.17, 15) is 0 Å². The zero-order chi connectivity index (χ0) is 31.3. The zero-order valence-electron chi connectivity index (χ0n) is 26.6. The summed E-state index contributed by atoms with van der Waals surface area (Å²) in [5.74, 6) is 2.58. The molecule has 2 saturated heterocycles. The van der Waals surface area contributed by atoms with Crippen LogP contribution in [-0.4, -0.2) is 100 Å². The molecule has 0 atom stereocenters. The largest absolute Gasteiger partial charge is 0.479 e. The Kier molecular flexibility index (Phi) is 9.62. The monoisotopic (exact) mass is 626 g/mol. The fourth-order valence-corrected chi connectivity index (χ4v) is 6.89. The fourth-order valence-electron chi connectivity index (χ4n) is 6.20. The van der Waals surface area contributed by atoms with Crippen LogP contribution in [0, 0.1) is 0 Å². The van der Waals surface area contributed by atoms with Crippen molar-refractivity contribution < 1.29 is 4.74 Å². The third kappa shape index (κ3) is 6.68. The third-order valence-electron chi connectivity index (χ3n) is 8.77. The molecule has 0 saturated carbocycles. The van der Waals surface area contributed by atoms with Crippen molar-refractivity contribution in [3.05, 3.63) is 54.5 Å². The molecule has 0 spiro atoms. The van der Waals surface area contributed by atoms with Gasteiger partial charge >= 0.3 is 0 Å². The zero-order valence-corrected chi connectivity index (χ0v) is 27.4. The van der Waals surface area contributed by atoms with E-state index in [1.54, 1.807) is 43.5 Å². The van der Waals surface area contributed by atoms with Gasteiger partial charge < -0.3 is 25.2 Å². The SMILES string of the molecule is C=Cc1cnc(Nc2cc(CC)c(N3CCC(N4CCN(C)CC4)CC3)nc2OC)nc1Nc1ccc2nccnc2c1SC. The molecule has 0 unspecified atom stereocenters. The van der Waals surface area contributed by atoms with Crippen molar-refractivity contribution in [3.8, 4) is 5.88 Å². The summed E-state index contributed by atoms with van der Waals surface area (Å²) in [6, 6.07) is 6.73. The summed E-state index contributed by atoms with van der Waals surface area (Å²) < 4.78 is 5.80. The molecule has 2 fully saturated rings. The van der Waals surface area contributed by atoms with Crippen molar-refractivity contribution in [2.45, 2.75) is 37.1 Å². The molecule has 45 heavy (non-hydrogen) atoms. The minimum Gasteiger partial charge on any atom is -0.479 e. The van der Waals surface area contributed by atoms with Gasteiger partial charge in [-0.15, -0.1) is 11.8 Å². The van der Waals surface area contributed by atoms with Gasteiger partial charge in [-0.25, -0.2) is 4.98 Å². The Morgan fingerprint density at radius 1 is 1.00 bits per heavy atom. The lowest BCUT2D eigenvalue weighted by Gasteiger charge is -2.42. The molecule has 1 aromatic carbocycles. The van der Waals surface area contributed by atoms with Gasteiger partial charge in [-0.05, 0) is 56.3 Å². The topological polar surface area (TPSA) is 107 Å². The molecule has 0 bridgehead atoms. The fraction of sp³-hybridized carbons (Fsp3) is 0.424. The summed E-state index contributed by atoms with van der Waals surface area (Å²) in [6.45, 7) is 12.8. The van der Waals surface area contributed by atoms with Crippen LogP contribution >= 0.6 is 11.8 Å². The van der Waals surface area contributed by atoms with Crippen molar-refractivity contribution >= 4 is 57.8 Å². The molecule has 3 aromatic heterocycles. The number of fused-ring (bicyclic) bond motifs is 1. The summed E-state index contributed by atoms with van der Waals surface area (Å²) in [5, 5.41) is 6.86. The summed E-state index contributed by atoms with van der Waals surface area (Å²) >= 11 is 1.61. The predicted octanol–water partition coefficient (Wildman–Crippen LogP) is 5.45. The van der Waals surface area contributed by atoms with E-state index in [2.05, 4.69) is 66.9 Å². The number of nitrogens with zero attached hydrogens (tertiary/aromatic N) is 8. The number of anilines is 5. The van der Waals surface area contributed by atoms with E-state index in [1.165, 1.54) is 5.56 Å². The molecule has 2 N–H and O–H groups in total. The molecule has 5 heterocycles. The average molecular weight is 627 g/mol. The van der Waals surface area contributed by atoms with Crippen molar-refractivity contribution in [1.29, 1.82) is 0 Å². The van der Waals surface area contributed by atoms with E-state index >= 15 is 0 Å². The lowest BCUT2D eigenvalue weighted by Crippen LogP contribution is -2.52. The molecule has 0 amide bonds. The summed E-state index contributed by atoms with van der Waals surface area (Å²) in [5.41, 5.74) is 5.25. The number of likely N-dealkylation sites (N-methyl/N-ethyl adjacent to an activating group) is 1. The minimum atomic E-state index is 0.428. The van der Waals surface area contributed by atoms with E-state index in [1.807, 2.05) is 18.4 Å². The Morgan fingerprint density at radius 3 is 2.49 bits per heavy atom. The maximum atomic E-state index is 5.80. The van der Waals surface area contributed by atoms with Crippen LogP contribution in [0.4, 0.5) is 29.0 Å². The van der Waals surface area contributed by atoms with E-state index in [-0.39, 0.29) is 0 Å². The second kappa shape index (κ2) is 14.0. The van der Waals surface area contributed by atoms with Crippen LogP contribution in [0.15, 0.2) is 48.3 Å². The second-order valence-electron chi connectivity index (χ2n) is 11.5. The first-order valence-corrected chi connectivity index (χ1v) is 16.8. The number of rotatable bonds is 10. The highest BCUT2D eigenvalue weighted by atomic mass is 32.2. The maximum Gasteiger partial charge on any atom is 0.239 e. The molecule has 2 aliphatic heterocycles. The van der Waals surface area contributed by atoms with Crippen LogP contribution in [0.3, 0.4) is 0 Å². The second-order valence-corrected chi connectivity index (χ2v) is 12.3. The molecule has 11 nitrogen and oxygen atoms in total. The third-order valence-corrected chi connectivity index (χ3v) is 9.59. The van der Waals surface area contributed by atoms with Gasteiger partial charge in [0.05, 0.1) is 23.2 Å².